The summed E-state index contributed by atoms with van der Waals surface area (Å²) in [6.07, 6.45) is -5.74. The topological polar surface area (TPSA) is 169 Å². The van der Waals surface area contributed by atoms with E-state index in [4.69, 9.17) is 4.74 Å². The molecule has 8 aromatic rings. The first-order chi connectivity index (χ1) is 31.7. The van der Waals surface area contributed by atoms with Gasteiger partial charge in [0.2, 0.25) is 23.6 Å². The second-order valence-electron chi connectivity index (χ2n) is 13.4. The van der Waals surface area contributed by atoms with Gasteiger partial charge in [0.25, 0.3) is 11.1 Å². The van der Waals surface area contributed by atoms with Crippen LogP contribution in [0, 0.1) is 29.2 Å². The van der Waals surface area contributed by atoms with Crippen LogP contribution in [-0.4, -0.2) is 58.4 Å². The summed E-state index contributed by atoms with van der Waals surface area (Å²) in [5.41, 5.74) is -2.82. The maximum Gasteiger partial charge on any atom is 0.426 e. The lowest BCUT2D eigenvalue weighted by Crippen LogP contribution is -2.14. The number of nitrogens with zero attached hydrogens (tertiary/aromatic N) is 8. The molecule has 4 aromatic heterocycles. The molecule has 0 radical (unpaired) electrons. The molecule has 0 unspecified atom stereocenters. The SMILES string of the molecule is COc1ncnc(F)c1C(F)(F)F.COc1ncnc(Oc2ccc3c(c2)c(=O)ncn3Cc2ccc(F)cc2F)c1C(F)(F)F.O=c1ncn(Cc2ccc(F)cc2F)c2ccc(O)cc12. The van der Waals surface area contributed by atoms with E-state index in [-0.39, 0.29) is 46.5 Å². The highest BCUT2D eigenvalue weighted by Crippen LogP contribution is 2.42. The molecule has 14 nitrogen and oxygen atoms in total. The number of fused-ring (bicyclic) bond motifs is 2. The van der Waals surface area contributed by atoms with Gasteiger partial charge in [-0.15, -0.1) is 0 Å². The molecule has 0 amide bonds. The van der Waals surface area contributed by atoms with E-state index < -0.39 is 81.5 Å². The first-order valence-corrected chi connectivity index (χ1v) is 18.5. The zero-order chi connectivity index (χ0) is 48.8. The first-order valence-electron chi connectivity index (χ1n) is 18.5. The number of hydrogen-bond donors (Lipinski definition) is 1. The molecule has 0 fully saturated rings. The molecule has 0 aliphatic heterocycles. The van der Waals surface area contributed by atoms with Gasteiger partial charge >= 0.3 is 12.4 Å². The molecule has 25 heteroatoms. The highest BCUT2D eigenvalue weighted by Gasteiger charge is 2.41. The molecule has 67 heavy (non-hydrogen) atoms. The van der Waals surface area contributed by atoms with E-state index in [9.17, 15) is 63.0 Å². The fourth-order valence-electron chi connectivity index (χ4n) is 6.06. The number of rotatable bonds is 8. The molecule has 0 saturated carbocycles. The van der Waals surface area contributed by atoms with Gasteiger partial charge in [0, 0.05) is 23.3 Å². The van der Waals surface area contributed by atoms with Gasteiger partial charge in [0.1, 0.15) is 47.4 Å². The van der Waals surface area contributed by atoms with E-state index in [1.165, 1.54) is 65.8 Å². The highest BCUT2D eigenvalue weighted by atomic mass is 19.4. The predicted octanol–water partition coefficient (Wildman–Crippen LogP) is 8.40. The third-order valence-electron chi connectivity index (χ3n) is 9.08. The smallest absolute Gasteiger partial charge is 0.426 e. The number of methoxy groups -OCH3 is 2. The third kappa shape index (κ3) is 11.4. The second-order valence-corrected chi connectivity index (χ2v) is 13.4. The number of benzene rings is 4. The Balaban J connectivity index is 0.000000185. The van der Waals surface area contributed by atoms with E-state index in [1.54, 1.807) is 10.6 Å². The van der Waals surface area contributed by atoms with Gasteiger partial charge in [0.15, 0.2) is 11.1 Å². The van der Waals surface area contributed by atoms with Gasteiger partial charge in [-0.05, 0) is 48.5 Å². The molecule has 4 aromatic carbocycles. The number of halogens is 11. The first kappa shape index (κ1) is 48.2. The van der Waals surface area contributed by atoms with Crippen LogP contribution in [0.1, 0.15) is 22.3 Å². The summed E-state index contributed by atoms with van der Waals surface area (Å²) in [5, 5.41) is 9.68. The summed E-state index contributed by atoms with van der Waals surface area (Å²) in [7, 11) is 1.99. The quantitative estimate of drug-likeness (QED) is 0.114. The summed E-state index contributed by atoms with van der Waals surface area (Å²) >= 11 is 0. The van der Waals surface area contributed by atoms with Crippen LogP contribution in [0.15, 0.2) is 108 Å². The van der Waals surface area contributed by atoms with Crippen molar-refractivity contribution in [2.24, 2.45) is 0 Å². The molecule has 0 aliphatic rings. The van der Waals surface area contributed by atoms with Gasteiger partial charge < -0.3 is 28.5 Å². The van der Waals surface area contributed by atoms with Crippen molar-refractivity contribution in [2.75, 3.05) is 14.2 Å². The van der Waals surface area contributed by atoms with Crippen molar-refractivity contribution in [3.8, 4) is 29.1 Å². The van der Waals surface area contributed by atoms with Crippen molar-refractivity contribution < 1.29 is 67.6 Å². The van der Waals surface area contributed by atoms with Crippen molar-refractivity contribution in [2.45, 2.75) is 25.4 Å². The lowest BCUT2D eigenvalue weighted by molar-refractivity contribution is -0.142. The van der Waals surface area contributed by atoms with Crippen LogP contribution in [0.4, 0.5) is 48.3 Å². The van der Waals surface area contributed by atoms with Crippen LogP contribution in [-0.2, 0) is 25.4 Å². The van der Waals surface area contributed by atoms with Crippen LogP contribution in [0.2, 0.25) is 0 Å². The third-order valence-corrected chi connectivity index (χ3v) is 9.08. The Morgan fingerprint density at radius 2 is 1.01 bits per heavy atom. The summed E-state index contributed by atoms with van der Waals surface area (Å²) in [6, 6.07) is 14.6. The molecule has 0 atom stereocenters. The fourth-order valence-corrected chi connectivity index (χ4v) is 6.06. The van der Waals surface area contributed by atoms with Crippen molar-refractivity contribution in [1.29, 1.82) is 0 Å². The van der Waals surface area contributed by atoms with E-state index in [0.29, 0.717) is 17.4 Å². The van der Waals surface area contributed by atoms with Crippen LogP contribution in [0.3, 0.4) is 0 Å². The highest BCUT2D eigenvalue weighted by molar-refractivity contribution is 5.80. The minimum absolute atomic E-state index is 0.00657. The molecular weight excluding hydrogens is 921 g/mol. The lowest BCUT2D eigenvalue weighted by Gasteiger charge is -2.15. The Labute approximate surface area is 367 Å². The van der Waals surface area contributed by atoms with E-state index >= 15 is 0 Å². The number of ether oxygens (including phenoxy) is 3. The van der Waals surface area contributed by atoms with Gasteiger partial charge in [0.05, 0.1) is 61.8 Å². The van der Waals surface area contributed by atoms with E-state index in [1.807, 2.05) is 0 Å². The molecule has 0 bridgehead atoms. The van der Waals surface area contributed by atoms with E-state index in [2.05, 4.69) is 39.4 Å². The Morgan fingerprint density at radius 1 is 0.552 bits per heavy atom. The van der Waals surface area contributed by atoms with Crippen molar-refractivity contribution in [3.05, 3.63) is 170 Å². The van der Waals surface area contributed by atoms with E-state index in [0.717, 1.165) is 38.7 Å². The van der Waals surface area contributed by atoms with Gasteiger partial charge in [-0.2, -0.15) is 40.7 Å². The van der Waals surface area contributed by atoms with Crippen LogP contribution < -0.4 is 25.3 Å². The zero-order valence-corrected chi connectivity index (χ0v) is 33.9. The number of aromatic nitrogens is 8. The van der Waals surface area contributed by atoms with Crippen molar-refractivity contribution >= 4 is 21.8 Å². The average molecular weight is 949 g/mol. The normalized spacial score (nSPS) is 11.4. The number of hydrogen-bond acceptors (Lipinski definition) is 12. The molecule has 1 N–H and O–H groups in total. The molecule has 0 saturated heterocycles. The zero-order valence-electron chi connectivity index (χ0n) is 33.9. The Morgan fingerprint density at radius 3 is 1.49 bits per heavy atom. The predicted molar refractivity (Wildman–Crippen MR) is 212 cm³/mol. The Bertz CT molecular complexity index is 3220. The van der Waals surface area contributed by atoms with Gasteiger partial charge in [-0.1, -0.05) is 12.1 Å². The number of phenolic OH excluding ortho intramolecular Hbond substituents is 1. The molecule has 8 rings (SSSR count). The van der Waals surface area contributed by atoms with Crippen LogP contribution in [0.5, 0.6) is 29.1 Å². The van der Waals surface area contributed by atoms with Crippen LogP contribution in [0.25, 0.3) is 21.8 Å². The molecule has 0 spiro atoms. The minimum Gasteiger partial charge on any atom is -0.508 e. The summed E-state index contributed by atoms with van der Waals surface area (Å²) < 4.78 is 160. The number of aromatic hydroxyl groups is 1. The Kier molecular flexibility index (Phi) is 14.3. The monoisotopic (exact) mass is 948 g/mol. The summed E-state index contributed by atoms with van der Waals surface area (Å²) in [6.45, 7) is 0.0259. The van der Waals surface area contributed by atoms with Gasteiger partial charge in [-0.3, -0.25) is 9.59 Å². The fraction of sp³-hybridized carbons (Fsp3) is 0.143. The number of alkyl halides is 6. The van der Waals surface area contributed by atoms with Crippen molar-refractivity contribution in [1.82, 2.24) is 39.0 Å². The molecule has 0 aliphatic carbocycles. The minimum atomic E-state index is -4.87. The Hall–Kier alpha value is -8.25. The van der Waals surface area contributed by atoms with Crippen molar-refractivity contribution in [3.63, 3.8) is 0 Å². The molecule has 4 heterocycles. The average Bonchev–Trinajstić information content (AvgIpc) is 3.27. The largest absolute Gasteiger partial charge is 0.508 e. The molecule has 348 valence electrons. The van der Waals surface area contributed by atoms with Crippen LogP contribution >= 0.6 is 0 Å². The second kappa shape index (κ2) is 19.9. The number of phenols is 1. The molecular formula is C42H27F11N8O6. The van der Waals surface area contributed by atoms with Gasteiger partial charge in [-0.25, -0.2) is 37.5 Å². The maximum atomic E-state index is 14.0. The lowest BCUT2D eigenvalue weighted by atomic mass is 10.2. The summed E-state index contributed by atoms with van der Waals surface area (Å²) in [4.78, 5) is 44.3. The summed E-state index contributed by atoms with van der Waals surface area (Å²) in [5.74, 6) is -7.00. The standard InChI is InChI=1S/C21H13F5N4O3.C15H10F2N2O2.C6H4F4N2O/c1-32-19-17(21(24,25)26)20(28-9-27-19)33-13-4-5-16-14(7-13)18(31)29-10-30(16)8-11-2-3-12(22)6-15(11)23;16-10-2-1-9(13(17)5-10)7-19-8-18-15(21)12-6-11(20)3-4-14(12)19;1-13-5-3(6(8,9)10)4(7)11-2-12-5/h2-7,9-10H,8H2,1H3;1-6,8,20H,7H2;2H,1H3. The maximum absolute atomic E-state index is 14.0.